The lowest BCUT2D eigenvalue weighted by Gasteiger charge is -2.32. The number of hydrogen-bond donors (Lipinski definition) is 1. The van der Waals surface area contributed by atoms with Crippen molar-refractivity contribution in [2.24, 2.45) is 5.92 Å². The third-order valence-electron chi connectivity index (χ3n) is 5.68. The number of carbonyl (C=O) groups excluding carboxylic acids is 1. The summed E-state index contributed by atoms with van der Waals surface area (Å²) in [5, 5.41) is 0.393. The van der Waals surface area contributed by atoms with E-state index in [-0.39, 0.29) is 36.3 Å². The SMILES string of the molecule is CC(C)C(=O)N1CCC(Oc2nc3nc(CCc4c(F)cccc4F)c(Cl)cc3[nH]2)CC1. The highest BCUT2D eigenvalue weighted by Crippen LogP contribution is 2.25. The number of pyridine rings is 1. The van der Waals surface area contributed by atoms with Crippen molar-refractivity contribution < 1.29 is 18.3 Å². The van der Waals surface area contributed by atoms with Gasteiger partial charge in [-0.2, -0.15) is 4.98 Å². The Labute approximate surface area is 189 Å². The van der Waals surface area contributed by atoms with E-state index in [0.717, 1.165) is 12.8 Å². The Kier molecular flexibility index (Phi) is 6.60. The molecule has 9 heteroatoms. The average Bonchev–Trinajstić information content (AvgIpc) is 3.14. The number of nitrogens with zero attached hydrogens (tertiary/aromatic N) is 3. The number of benzene rings is 1. The van der Waals surface area contributed by atoms with Crippen LogP contribution in [-0.4, -0.2) is 45.0 Å². The first-order valence-electron chi connectivity index (χ1n) is 10.7. The molecule has 1 aliphatic rings. The molecule has 0 saturated carbocycles. The number of halogens is 3. The minimum atomic E-state index is -0.584. The summed E-state index contributed by atoms with van der Waals surface area (Å²) < 4.78 is 33.8. The molecular formula is C23H25ClF2N4O2. The van der Waals surface area contributed by atoms with E-state index in [1.165, 1.54) is 18.2 Å². The van der Waals surface area contributed by atoms with E-state index in [4.69, 9.17) is 16.3 Å². The standard InChI is InChI=1S/C23H25ClF2N4O2/c1-13(2)22(31)30-10-8-14(9-11-30)32-23-28-20-12-16(24)19(27-21(20)29-23)7-6-15-17(25)4-3-5-18(15)26/h3-5,12-14H,6-11H2,1-2H3,(H,27,28,29). The summed E-state index contributed by atoms with van der Waals surface area (Å²) in [4.78, 5) is 25.9. The summed E-state index contributed by atoms with van der Waals surface area (Å²) in [6.45, 7) is 5.11. The molecule has 0 bridgehead atoms. The van der Waals surface area contributed by atoms with E-state index < -0.39 is 11.6 Å². The van der Waals surface area contributed by atoms with Gasteiger partial charge in [0.1, 0.15) is 17.7 Å². The van der Waals surface area contributed by atoms with Crippen LogP contribution in [-0.2, 0) is 17.6 Å². The molecule has 3 aromatic rings. The van der Waals surface area contributed by atoms with Gasteiger partial charge < -0.3 is 14.6 Å². The number of carbonyl (C=O) groups is 1. The fraction of sp³-hybridized carbons (Fsp3) is 0.435. The normalized spacial score (nSPS) is 15.0. The Balaban J connectivity index is 1.42. The fourth-order valence-electron chi connectivity index (χ4n) is 3.90. The van der Waals surface area contributed by atoms with Gasteiger partial charge in [0.15, 0.2) is 5.65 Å². The van der Waals surface area contributed by atoms with Crippen LogP contribution < -0.4 is 4.74 Å². The topological polar surface area (TPSA) is 71.1 Å². The molecule has 2 aromatic heterocycles. The zero-order chi connectivity index (χ0) is 22.8. The average molecular weight is 463 g/mol. The van der Waals surface area contributed by atoms with Gasteiger partial charge in [-0.3, -0.25) is 4.79 Å². The fourth-order valence-corrected chi connectivity index (χ4v) is 4.14. The summed E-state index contributed by atoms with van der Waals surface area (Å²) in [6.07, 6.45) is 1.81. The maximum absolute atomic E-state index is 13.9. The monoisotopic (exact) mass is 462 g/mol. The van der Waals surface area contributed by atoms with Gasteiger partial charge in [0, 0.05) is 37.4 Å². The molecule has 1 aromatic carbocycles. The number of nitrogens with one attached hydrogen (secondary N) is 1. The number of H-pyrrole nitrogens is 1. The molecule has 3 heterocycles. The van der Waals surface area contributed by atoms with Crippen LogP contribution in [0.5, 0.6) is 6.01 Å². The molecule has 32 heavy (non-hydrogen) atoms. The van der Waals surface area contributed by atoms with E-state index >= 15 is 0 Å². The molecular weight excluding hydrogens is 438 g/mol. The number of aromatic nitrogens is 3. The second-order valence-corrected chi connectivity index (χ2v) is 8.73. The van der Waals surface area contributed by atoms with Crippen molar-refractivity contribution in [2.45, 2.75) is 45.6 Å². The van der Waals surface area contributed by atoms with Crippen LogP contribution in [0, 0.1) is 17.6 Å². The second kappa shape index (κ2) is 9.40. The summed E-state index contributed by atoms with van der Waals surface area (Å²) >= 11 is 6.35. The highest BCUT2D eigenvalue weighted by atomic mass is 35.5. The van der Waals surface area contributed by atoms with Gasteiger partial charge in [-0.05, 0) is 31.0 Å². The number of rotatable bonds is 6. The number of hydrogen-bond acceptors (Lipinski definition) is 4. The van der Waals surface area contributed by atoms with Crippen LogP contribution >= 0.6 is 11.6 Å². The molecule has 0 radical (unpaired) electrons. The molecule has 0 aliphatic carbocycles. The van der Waals surface area contributed by atoms with Gasteiger partial charge in [0.2, 0.25) is 5.91 Å². The third-order valence-corrected chi connectivity index (χ3v) is 6.00. The zero-order valence-electron chi connectivity index (χ0n) is 18.0. The molecule has 6 nitrogen and oxygen atoms in total. The molecule has 170 valence electrons. The van der Waals surface area contributed by atoms with Crippen molar-refractivity contribution in [2.75, 3.05) is 13.1 Å². The maximum Gasteiger partial charge on any atom is 0.296 e. The molecule has 1 amide bonds. The number of ether oxygens (including phenoxy) is 1. The number of imidazole rings is 1. The highest BCUT2D eigenvalue weighted by molar-refractivity contribution is 6.31. The lowest BCUT2D eigenvalue weighted by atomic mass is 10.1. The van der Waals surface area contributed by atoms with E-state index in [2.05, 4.69) is 15.0 Å². The number of fused-ring (bicyclic) bond motifs is 1. The molecule has 1 aliphatic heterocycles. The van der Waals surface area contributed by atoms with Gasteiger partial charge in [0.25, 0.3) is 6.01 Å². The Morgan fingerprint density at radius 3 is 2.56 bits per heavy atom. The van der Waals surface area contributed by atoms with E-state index in [9.17, 15) is 13.6 Å². The van der Waals surface area contributed by atoms with Gasteiger partial charge in [-0.15, -0.1) is 0 Å². The van der Waals surface area contributed by atoms with Gasteiger partial charge in [-0.1, -0.05) is 31.5 Å². The van der Waals surface area contributed by atoms with Crippen molar-refractivity contribution in [1.29, 1.82) is 0 Å². The predicted molar refractivity (Wildman–Crippen MR) is 118 cm³/mol. The molecule has 0 unspecified atom stereocenters. The first-order chi connectivity index (χ1) is 15.3. The predicted octanol–water partition coefficient (Wildman–Crippen LogP) is 4.70. The number of amides is 1. The lowest BCUT2D eigenvalue weighted by Crippen LogP contribution is -2.43. The smallest absolute Gasteiger partial charge is 0.296 e. The summed E-state index contributed by atoms with van der Waals surface area (Å²) in [7, 11) is 0. The summed E-state index contributed by atoms with van der Waals surface area (Å²) in [5.74, 6) is -1.02. The first kappa shape index (κ1) is 22.5. The van der Waals surface area contributed by atoms with Gasteiger partial charge in [-0.25, -0.2) is 13.8 Å². The summed E-state index contributed by atoms with van der Waals surface area (Å²) in [6, 6.07) is 5.84. The third kappa shape index (κ3) is 4.85. The van der Waals surface area contributed by atoms with Crippen LogP contribution in [0.4, 0.5) is 8.78 Å². The lowest BCUT2D eigenvalue weighted by molar-refractivity contribution is -0.136. The molecule has 0 atom stereocenters. The molecule has 1 N–H and O–H groups in total. The van der Waals surface area contributed by atoms with Crippen molar-refractivity contribution in [3.8, 4) is 6.01 Å². The van der Waals surface area contributed by atoms with E-state index in [1.54, 1.807) is 6.07 Å². The van der Waals surface area contributed by atoms with E-state index in [1.807, 2.05) is 18.7 Å². The van der Waals surface area contributed by atoms with Crippen LogP contribution in [0.1, 0.15) is 37.9 Å². The van der Waals surface area contributed by atoms with Gasteiger partial charge >= 0.3 is 0 Å². The van der Waals surface area contributed by atoms with Crippen molar-refractivity contribution in [3.05, 3.63) is 52.2 Å². The summed E-state index contributed by atoms with van der Waals surface area (Å²) in [5.41, 5.74) is 1.58. The molecule has 1 fully saturated rings. The molecule has 0 spiro atoms. The number of likely N-dealkylation sites (tertiary alicyclic amines) is 1. The Morgan fingerprint density at radius 1 is 1.22 bits per heavy atom. The van der Waals surface area contributed by atoms with Crippen LogP contribution in [0.2, 0.25) is 5.02 Å². The van der Waals surface area contributed by atoms with Crippen molar-refractivity contribution >= 4 is 28.7 Å². The number of piperidine rings is 1. The van der Waals surface area contributed by atoms with Crippen LogP contribution in [0.15, 0.2) is 24.3 Å². The Morgan fingerprint density at radius 2 is 1.91 bits per heavy atom. The minimum absolute atomic E-state index is 0.0114. The van der Waals surface area contributed by atoms with Crippen LogP contribution in [0.3, 0.4) is 0 Å². The first-order valence-corrected chi connectivity index (χ1v) is 11.1. The Hall–Kier alpha value is -2.74. The Bertz CT molecular complexity index is 1110. The highest BCUT2D eigenvalue weighted by Gasteiger charge is 2.26. The largest absolute Gasteiger partial charge is 0.461 e. The second-order valence-electron chi connectivity index (χ2n) is 8.33. The maximum atomic E-state index is 13.9. The van der Waals surface area contributed by atoms with Crippen molar-refractivity contribution in [3.63, 3.8) is 0 Å². The zero-order valence-corrected chi connectivity index (χ0v) is 18.8. The molecule has 4 rings (SSSR count). The van der Waals surface area contributed by atoms with Crippen molar-refractivity contribution in [1.82, 2.24) is 19.9 Å². The van der Waals surface area contributed by atoms with Crippen LogP contribution in [0.25, 0.3) is 11.2 Å². The minimum Gasteiger partial charge on any atom is -0.461 e. The quantitative estimate of drug-likeness (QED) is 0.576. The number of aromatic amines is 1. The molecule has 1 saturated heterocycles. The number of aryl methyl sites for hydroxylation is 1. The van der Waals surface area contributed by atoms with Gasteiger partial charge in [0.05, 0.1) is 16.2 Å². The van der Waals surface area contributed by atoms with E-state index in [0.29, 0.717) is 41.0 Å².